The van der Waals surface area contributed by atoms with E-state index in [-0.39, 0.29) is 0 Å². The molecule has 0 aliphatic heterocycles. The lowest BCUT2D eigenvalue weighted by Crippen LogP contribution is -2.03. The van der Waals surface area contributed by atoms with Crippen molar-refractivity contribution in [3.63, 3.8) is 0 Å². The number of rotatable bonds is 2. The van der Waals surface area contributed by atoms with Gasteiger partial charge in [0.05, 0.1) is 12.7 Å². The Labute approximate surface area is 126 Å². The van der Waals surface area contributed by atoms with Crippen LogP contribution in [0.15, 0.2) is 36.5 Å². The first kappa shape index (κ1) is 13.6. The van der Waals surface area contributed by atoms with Gasteiger partial charge in [-0.15, -0.1) is 10.2 Å². The average Bonchev–Trinajstić information content (AvgIpc) is 2.92. The molecule has 0 saturated heterocycles. The molecule has 0 aliphatic rings. The zero-order valence-electron chi connectivity index (χ0n) is 11.5. The summed E-state index contributed by atoms with van der Waals surface area (Å²) in [5.74, 6) is 0.232. The Hall–Kier alpha value is -2.40. The van der Waals surface area contributed by atoms with Crippen LogP contribution in [0.25, 0.3) is 17.0 Å². The largest absolute Gasteiger partial charge is 0.465 e. The fourth-order valence-electron chi connectivity index (χ4n) is 2.16. The van der Waals surface area contributed by atoms with Crippen LogP contribution < -0.4 is 0 Å². The zero-order chi connectivity index (χ0) is 15.0. The molecule has 21 heavy (non-hydrogen) atoms. The zero-order valence-corrected chi connectivity index (χ0v) is 12.3. The van der Waals surface area contributed by atoms with Gasteiger partial charge in [0, 0.05) is 16.8 Å². The van der Waals surface area contributed by atoms with Crippen LogP contribution in [0.3, 0.4) is 0 Å². The van der Waals surface area contributed by atoms with E-state index in [0.29, 0.717) is 22.1 Å². The molecule has 0 radical (unpaired) electrons. The minimum Gasteiger partial charge on any atom is -0.465 e. The molecule has 3 rings (SSSR count). The highest BCUT2D eigenvalue weighted by atomic mass is 35.5. The van der Waals surface area contributed by atoms with Gasteiger partial charge < -0.3 is 4.74 Å². The molecule has 0 N–H and O–H groups in total. The fourth-order valence-corrected chi connectivity index (χ4v) is 2.34. The molecule has 0 fully saturated rings. The Balaban J connectivity index is 2.23. The van der Waals surface area contributed by atoms with E-state index in [4.69, 9.17) is 16.3 Å². The maximum Gasteiger partial charge on any atom is 0.339 e. The summed E-state index contributed by atoms with van der Waals surface area (Å²) >= 11 is 6.15. The van der Waals surface area contributed by atoms with Gasteiger partial charge in [-0.3, -0.25) is 4.40 Å². The van der Waals surface area contributed by atoms with Crippen LogP contribution in [0.2, 0.25) is 5.02 Å². The predicted molar refractivity (Wildman–Crippen MR) is 79.5 cm³/mol. The highest BCUT2D eigenvalue weighted by Gasteiger charge is 2.14. The molecule has 3 aromatic rings. The molecule has 106 valence electrons. The number of aromatic nitrogens is 3. The first-order valence-electron chi connectivity index (χ1n) is 6.30. The topological polar surface area (TPSA) is 56.5 Å². The molecule has 5 nitrogen and oxygen atoms in total. The summed E-state index contributed by atoms with van der Waals surface area (Å²) in [6.45, 7) is 1.92. The second-order valence-electron chi connectivity index (χ2n) is 4.57. The van der Waals surface area contributed by atoms with E-state index in [1.54, 1.807) is 22.7 Å². The first-order valence-corrected chi connectivity index (χ1v) is 6.68. The van der Waals surface area contributed by atoms with Gasteiger partial charge in [0.1, 0.15) is 0 Å². The van der Waals surface area contributed by atoms with Crippen molar-refractivity contribution in [3.8, 4) is 11.4 Å². The smallest absolute Gasteiger partial charge is 0.339 e. The number of halogens is 1. The van der Waals surface area contributed by atoms with Crippen molar-refractivity contribution in [1.82, 2.24) is 14.6 Å². The fraction of sp³-hybridized carbons (Fsp3) is 0.133. The lowest BCUT2D eigenvalue weighted by molar-refractivity contribution is 0.0600. The molecule has 0 aliphatic carbocycles. The lowest BCUT2D eigenvalue weighted by atomic mass is 10.1. The maximum atomic E-state index is 11.7. The second-order valence-corrected chi connectivity index (χ2v) is 4.98. The monoisotopic (exact) mass is 301 g/mol. The number of hydrogen-bond donors (Lipinski definition) is 0. The molecule has 0 amide bonds. The molecule has 0 spiro atoms. The van der Waals surface area contributed by atoms with Crippen LogP contribution in [0.1, 0.15) is 15.9 Å². The highest BCUT2D eigenvalue weighted by molar-refractivity contribution is 6.31. The molecule has 6 heteroatoms. The minimum absolute atomic E-state index is 0.403. The number of carbonyl (C=O) groups is 1. The predicted octanol–water partition coefficient (Wildman–Crippen LogP) is 3.14. The standard InChI is InChI=1S/C15H12ClN3O2/c1-9-11(4-3-5-12(9)16)14-18-17-13-7-6-10(8-19(13)14)15(20)21-2/h3-8H,1-2H3. The van der Waals surface area contributed by atoms with Crippen LogP contribution in [0, 0.1) is 6.92 Å². The average molecular weight is 302 g/mol. The summed E-state index contributed by atoms with van der Waals surface area (Å²) in [5, 5.41) is 8.97. The number of carbonyl (C=O) groups excluding carboxylic acids is 1. The summed E-state index contributed by atoms with van der Waals surface area (Å²) in [4.78, 5) is 11.7. The number of fused-ring (bicyclic) bond motifs is 1. The maximum absolute atomic E-state index is 11.7. The van der Waals surface area contributed by atoms with E-state index < -0.39 is 5.97 Å². The Morgan fingerprint density at radius 3 is 2.81 bits per heavy atom. The van der Waals surface area contributed by atoms with Gasteiger partial charge in [-0.1, -0.05) is 23.7 Å². The highest BCUT2D eigenvalue weighted by Crippen LogP contribution is 2.27. The van der Waals surface area contributed by atoms with Crippen molar-refractivity contribution in [1.29, 1.82) is 0 Å². The minimum atomic E-state index is -0.403. The van der Waals surface area contributed by atoms with E-state index in [2.05, 4.69) is 10.2 Å². The molecule has 0 bridgehead atoms. The van der Waals surface area contributed by atoms with E-state index in [9.17, 15) is 4.79 Å². The molecule has 2 heterocycles. The van der Waals surface area contributed by atoms with Gasteiger partial charge in [-0.2, -0.15) is 0 Å². The third-order valence-corrected chi connectivity index (χ3v) is 3.74. The third kappa shape index (κ3) is 2.25. The summed E-state index contributed by atoms with van der Waals surface area (Å²) in [5.41, 5.74) is 2.87. The van der Waals surface area contributed by atoms with E-state index >= 15 is 0 Å². The molecule has 0 saturated carbocycles. The molecule has 1 aromatic carbocycles. The number of ether oxygens (including phenoxy) is 1. The summed E-state index contributed by atoms with van der Waals surface area (Å²) < 4.78 is 6.49. The SMILES string of the molecule is COC(=O)c1ccc2nnc(-c3cccc(Cl)c3C)n2c1. The molecular formula is C15H12ClN3O2. The van der Waals surface area contributed by atoms with Crippen LogP contribution in [-0.2, 0) is 4.74 Å². The quantitative estimate of drug-likeness (QED) is 0.682. The number of benzene rings is 1. The van der Waals surface area contributed by atoms with Gasteiger partial charge in [-0.25, -0.2) is 4.79 Å². The van der Waals surface area contributed by atoms with Crippen molar-refractivity contribution in [2.24, 2.45) is 0 Å². The van der Waals surface area contributed by atoms with Gasteiger partial charge in [0.25, 0.3) is 0 Å². The van der Waals surface area contributed by atoms with Crippen molar-refractivity contribution < 1.29 is 9.53 Å². The van der Waals surface area contributed by atoms with Gasteiger partial charge in [-0.05, 0) is 30.7 Å². The van der Waals surface area contributed by atoms with E-state index in [0.717, 1.165) is 11.1 Å². The summed E-state index contributed by atoms with van der Waals surface area (Å²) in [6.07, 6.45) is 1.66. The summed E-state index contributed by atoms with van der Waals surface area (Å²) in [6, 6.07) is 8.98. The van der Waals surface area contributed by atoms with Crippen LogP contribution in [0.5, 0.6) is 0 Å². The molecular weight excluding hydrogens is 290 g/mol. The van der Waals surface area contributed by atoms with Crippen molar-refractivity contribution in [2.75, 3.05) is 7.11 Å². The van der Waals surface area contributed by atoms with Crippen molar-refractivity contribution in [2.45, 2.75) is 6.92 Å². The normalized spacial score (nSPS) is 10.8. The van der Waals surface area contributed by atoms with Gasteiger partial charge in [0.2, 0.25) is 0 Å². The van der Waals surface area contributed by atoms with Crippen molar-refractivity contribution >= 4 is 23.2 Å². The lowest BCUT2D eigenvalue weighted by Gasteiger charge is -2.06. The number of pyridine rings is 1. The van der Waals surface area contributed by atoms with E-state index in [1.807, 2.05) is 25.1 Å². The number of hydrogen-bond acceptors (Lipinski definition) is 4. The second kappa shape index (κ2) is 5.18. The van der Waals surface area contributed by atoms with E-state index in [1.165, 1.54) is 7.11 Å². The molecule has 2 aromatic heterocycles. The van der Waals surface area contributed by atoms with Crippen molar-refractivity contribution in [3.05, 3.63) is 52.7 Å². The number of nitrogens with zero attached hydrogens (tertiary/aromatic N) is 3. The van der Waals surface area contributed by atoms with Crippen LogP contribution in [-0.4, -0.2) is 27.7 Å². The number of esters is 1. The Morgan fingerprint density at radius 1 is 1.24 bits per heavy atom. The first-order chi connectivity index (χ1) is 10.1. The number of methoxy groups -OCH3 is 1. The van der Waals surface area contributed by atoms with Gasteiger partial charge in [0.15, 0.2) is 11.5 Å². The Kier molecular flexibility index (Phi) is 3.35. The summed E-state index contributed by atoms with van der Waals surface area (Å²) in [7, 11) is 1.35. The van der Waals surface area contributed by atoms with Crippen LogP contribution in [0.4, 0.5) is 0 Å². The Bertz CT molecular complexity index is 842. The Morgan fingerprint density at radius 2 is 2.05 bits per heavy atom. The molecule has 0 atom stereocenters. The third-order valence-electron chi connectivity index (χ3n) is 3.33. The molecule has 0 unspecified atom stereocenters. The van der Waals surface area contributed by atoms with Crippen LogP contribution >= 0.6 is 11.6 Å². The van der Waals surface area contributed by atoms with Gasteiger partial charge >= 0.3 is 5.97 Å².